The number of nitrogens with zero attached hydrogens (tertiary/aromatic N) is 4. The SMILES string of the molecule is O=C1N=C(N2CCN(c3ccc([N+](=O)[O-])cc3)CC2)S/C1=C/c1ccc(OCc2ccccc2)cc1. The average Bonchev–Trinajstić information content (AvgIpc) is 3.29. The van der Waals surface area contributed by atoms with Gasteiger partial charge in [-0.25, -0.2) is 0 Å². The summed E-state index contributed by atoms with van der Waals surface area (Å²) in [6.07, 6.45) is 1.86. The first-order chi connectivity index (χ1) is 17.5. The van der Waals surface area contributed by atoms with Crippen LogP contribution in [0.5, 0.6) is 5.75 Å². The van der Waals surface area contributed by atoms with Crippen molar-refractivity contribution in [3.8, 4) is 5.75 Å². The standard InChI is InChI=1S/C27H24N4O4S/c32-26-25(18-20-6-12-24(13-7-20)35-19-21-4-2-1-3-5-21)36-27(28-26)30-16-14-29(15-17-30)22-8-10-23(11-9-22)31(33)34/h1-13,18H,14-17,19H2/b25-18+. The molecule has 3 aromatic carbocycles. The molecule has 2 aliphatic heterocycles. The maximum Gasteiger partial charge on any atom is 0.286 e. The molecule has 3 aromatic rings. The predicted octanol–water partition coefficient (Wildman–Crippen LogP) is 4.97. The highest BCUT2D eigenvalue weighted by Gasteiger charge is 2.28. The number of benzene rings is 3. The Bertz CT molecular complexity index is 1300. The number of hydrogen-bond acceptors (Lipinski definition) is 7. The smallest absolute Gasteiger partial charge is 0.286 e. The van der Waals surface area contributed by atoms with Gasteiger partial charge in [0.1, 0.15) is 12.4 Å². The maximum absolute atomic E-state index is 12.5. The van der Waals surface area contributed by atoms with Gasteiger partial charge in [-0.3, -0.25) is 14.9 Å². The van der Waals surface area contributed by atoms with E-state index in [1.165, 1.54) is 23.9 Å². The van der Waals surface area contributed by atoms with Gasteiger partial charge in [0.25, 0.3) is 11.6 Å². The lowest BCUT2D eigenvalue weighted by Crippen LogP contribution is -2.47. The van der Waals surface area contributed by atoms with E-state index in [-0.39, 0.29) is 11.6 Å². The Kier molecular flexibility index (Phi) is 6.99. The third-order valence-electron chi connectivity index (χ3n) is 6.01. The van der Waals surface area contributed by atoms with Crippen LogP contribution in [0.25, 0.3) is 6.08 Å². The second kappa shape index (κ2) is 10.7. The first-order valence-electron chi connectivity index (χ1n) is 11.6. The minimum absolute atomic E-state index is 0.0845. The summed E-state index contributed by atoms with van der Waals surface area (Å²) in [4.78, 5) is 32.2. The van der Waals surface area contributed by atoms with Crippen LogP contribution in [0.2, 0.25) is 0 Å². The molecule has 0 spiro atoms. The monoisotopic (exact) mass is 500 g/mol. The number of amides is 1. The largest absolute Gasteiger partial charge is 0.489 e. The fraction of sp³-hybridized carbons (Fsp3) is 0.185. The molecule has 0 bridgehead atoms. The number of aliphatic imine (C=N–C) groups is 1. The van der Waals surface area contributed by atoms with Crippen molar-refractivity contribution >= 4 is 40.3 Å². The number of non-ortho nitro benzene ring substituents is 1. The van der Waals surface area contributed by atoms with Crippen molar-refractivity contribution in [2.75, 3.05) is 31.1 Å². The van der Waals surface area contributed by atoms with E-state index in [2.05, 4.69) is 14.8 Å². The number of thioether (sulfide) groups is 1. The molecule has 1 amide bonds. The van der Waals surface area contributed by atoms with E-state index in [1.54, 1.807) is 12.1 Å². The average molecular weight is 501 g/mol. The van der Waals surface area contributed by atoms with Crippen LogP contribution in [0.4, 0.5) is 11.4 Å². The first-order valence-corrected chi connectivity index (χ1v) is 12.4. The van der Waals surface area contributed by atoms with Crippen molar-refractivity contribution in [2.45, 2.75) is 6.61 Å². The number of piperazine rings is 1. The van der Waals surface area contributed by atoms with Crippen LogP contribution in [0, 0.1) is 10.1 Å². The summed E-state index contributed by atoms with van der Waals surface area (Å²) in [5.41, 5.74) is 3.06. The second-order valence-electron chi connectivity index (χ2n) is 8.40. The molecule has 2 aliphatic rings. The van der Waals surface area contributed by atoms with Gasteiger partial charge in [0.05, 0.1) is 9.83 Å². The van der Waals surface area contributed by atoms with Gasteiger partial charge in [-0.2, -0.15) is 4.99 Å². The van der Waals surface area contributed by atoms with Crippen molar-refractivity contribution in [2.24, 2.45) is 4.99 Å². The summed E-state index contributed by atoms with van der Waals surface area (Å²) in [5, 5.41) is 11.6. The van der Waals surface area contributed by atoms with Gasteiger partial charge in [-0.15, -0.1) is 0 Å². The van der Waals surface area contributed by atoms with E-state index in [0.29, 0.717) is 11.5 Å². The van der Waals surface area contributed by atoms with Gasteiger partial charge in [0, 0.05) is 44.0 Å². The van der Waals surface area contributed by atoms with Gasteiger partial charge < -0.3 is 14.5 Å². The molecule has 9 heteroatoms. The minimum Gasteiger partial charge on any atom is -0.489 e. The molecule has 8 nitrogen and oxygen atoms in total. The highest BCUT2D eigenvalue weighted by molar-refractivity contribution is 8.18. The van der Waals surface area contributed by atoms with Crippen molar-refractivity contribution in [1.82, 2.24) is 4.90 Å². The third-order valence-corrected chi connectivity index (χ3v) is 7.06. The predicted molar refractivity (Wildman–Crippen MR) is 142 cm³/mol. The lowest BCUT2D eigenvalue weighted by molar-refractivity contribution is -0.384. The van der Waals surface area contributed by atoms with Gasteiger partial charge in [0.2, 0.25) is 0 Å². The summed E-state index contributed by atoms with van der Waals surface area (Å²) >= 11 is 1.40. The lowest BCUT2D eigenvalue weighted by atomic mass is 10.2. The van der Waals surface area contributed by atoms with Gasteiger partial charge in [0.15, 0.2) is 5.17 Å². The van der Waals surface area contributed by atoms with Crippen molar-refractivity contribution in [3.63, 3.8) is 0 Å². The van der Waals surface area contributed by atoms with E-state index in [0.717, 1.165) is 53.9 Å². The molecule has 0 aliphatic carbocycles. The summed E-state index contributed by atoms with van der Waals surface area (Å²) in [6, 6.07) is 24.3. The quantitative estimate of drug-likeness (QED) is 0.268. The molecule has 1 saturated heterocycles. The van der Waals surface area contributed by atoms with E-state index in [4.69, 9.17) is 4.74 Å². The number of nitro benzene ring substituents is 1. The van der Waals surface area contributed by atoms with E-state index in [1.807, 2.05) is 60.7 Å². The van der Waals surface area contributed by atoms with Gasteiger partial charge in [-0.05, 0) is 53.2 Å². The van der Waals surface area contributed by atoms with Crippen LogP contribution < -0.4 is 9.64 Å². The van der Waals surface area contributed by atoms with Crippen LogP contribution >= 0.6 is 11.8 Å². The summed E-state index contributed by atoms with van der Waals surface area (Å²) < 4.78 is 5.84. The van der Waals surface area contributed by atoms with E-state index in [9.17, 15) is 14.9 Å². The molecular formula is C27H24N4O4S. The molecular weight excluding hydrogens is 476 g/mol. The molecule has 0 atom stereocenters. The van der Waals surface area contributed by atoms with Gasteiger partial charge in [-0.1, -0.05) is 42.5 Å². The number of ether oxygens (including phenoxy) is 1. The fourth-order valence-electron chi connectivity index (χ4n) is 4.03. The molecule has 2 heterocycles. The number of amidine groups is 1. The Morgan fingerprint density at radius 3 is 2.25 bits per heavy atom. The topological polar surface area (TPSA) is 88.3 Å². The first kappa shape index (κ1) is 23.6. The Labute approximate surface area is 213 Å². The molecule has 0 saturated carbocycles. The van der Waals surface area contributed by atoms with Crippen LogP contribution in [0.1, 0.15) is 11.1 Å². The van der Waals surface area contributed by atoms with Crippen LogP contribution in [0.15, 0.2) is 88.8 Å². The highest BCUT2D eigenvalue weighted by Crippen LogP contribution is 2.31. The highest BCUT2D eigenvalue weighted by atomic mass is 32.2. The third kappa shape index (κ3) is 5.58. The molecule has 0 unspecified atom stereocenters. The van der Waals surface area contributed by atoms with Crippen LogP contribution in [-0.4, -0.2) is 47.1 Å². The molecule has 0 N–H and O–H groups in total. The Morgan fingerprint density at radius 1 is 0.917 bits per heavy atom. The molecule has 36 heavy (non-hydrogen) atoms. The summed E-state index contributed by atoms with van der Waals surface area (Å²) in [7, 11) is 0. The zero-order valence-corrected chi connectivity index (χ0v) is 20.3. The maximum atomic E-state index is 12.5. The molecule has 0 aromatic heterocycles. The Morgan fingerprint density at radius 2 is 1.58 bits per heavy atom. The van der Waals surface area contributed by atoms with E-state index < -0.39 is 4.92 Å². The lowest BCUT2D eigenvalue weighted by Gasteiger charge is -2.36. The number of carbonyl (C=O) groups is 1. The Balaban J connectivity index is 1.15. The van der Waals surface area contributed by atoms with E-state index >= 15 is 0 Å². The normalized spacial score (nSPS) is 16.8. The zero-order valence-electron chi connectivity index (χ0n) is 19.4. The number of rotatable bonds is 6. The zero-order chi connectivity index (χ0) is 24.9. The van der Waals surface area contributed by atoms with Crippen molar-refractivity contribution < 1.29 is 14.5 Å². The van der Waals surface area contributed by atoms with Crippen LogP contribution in [-0.2, 0) is 11.4 Å². The molecule has 5 rings (SSSR count). The van der Waals surface area contributed by atoms with Crippen molar-refractivity contribution in [3.05, 3.63) is 105 Å². The summed E-state index contributed by atoms with van der Waals surface area (Å²) in [6.45, 7) is 3.43. The summed E-state index contributed by atoms with van der Waals surface area (Å²) in [5.74, 6) is 0.548. The minimum atomic E-state index is -0.395. The Hall–Kier alpha value is -4.11. The fourth-order valence-corrected chi connectivity index (χ4v) is 4.99. The van der Waals surface area contributed by atoms with Crippen LogP contribution in [0.3, 0.4) is 0 Å². The molecule has 1 fully saturated rings. The molecule has 0 radical (unpaired) electrons. The number of carbonyl (C=O) groups excluding carboxylic acids is 1. The van der Waals surface area contributed by atoms with Gasteiger partial charge >= 0.3 is 0 Å². The number of nitro groups is 1. The molecule has 182 valence electrons. The van der Waals surface area contributed by atoms with Crippen molar-refractivity contribution in [1.29, 1.82) is 0 Å². The second-order valence-corrected chi connectivity index (χ2v) is 9.41. The number of hydrogen-bond donors (Lipinski definition) is 0. The number of anilines is 1.